The summed E-state index contributed by atoms with van der Waals surface area (Å²) < 4.78 is 2.13. The van der Waals surface area contributed by atoms with E-state index >= 15 is 0 Å². The monoisotopic (exact) mass is 284 g/mol. The molecule has 1 fully saturated rings. The minimum absolute atomic E-state index is 0.645. The second-order valence-corrected chi connectivity index (χ2v) is 6.03. The van der Waals surface area contributed by atoms with Crippen LogP contribution in [-0.2, 0) is 13.6 Å². The van der Waals surface area contributed by atoms with Crippen LogP contribution in [0.4, 0.5) is 0 Å². The average molecular weight is 284 g/mol. The van der Waals surface area contributed by atoms with Gasteiger partial charge in [0.25, 0.3) is 0 Å². The number of likely N-dealkylation sites (tertiary alicyclic amines) is 1. The van der Waals surface area contributed by atoms with E-state index < -0.39 is 0 Å². The van der Waals surface area contributed by atoms with Gasteiger partial charge >= 0.3 is 0 Å². The van der Waals surface area contributed by atoms with E-state index in [1.54, 1.807) is 0 Å². The van der Waals surface area contributed by atoms with Crippen LogP contribution in [0.25, 0.3) is 11.4 Å². The third-order valence-electron chi connectivity index (χ3n) is 4.91. The van der Waals surface area contributed by atoms with Crippen LogP contribution in [0.5, 0.6) is 0 Å². The first kappa shape index (κ1) is 14.3. The van der Waals surface area contributed by atoms with Gasteiger partial charge in [0.05, 0.1) is 6.54 Å². The molecule has 0 N–H and O–H groups in total. The zero-order chi connectivity index (χ0) is 14.8. The summed E-state index contributed by atoms with van der Waals surface area (Å²) >= 11 is 0. The maximum atomic E-state index is 4.41. The number of aromatic nitrogens is 3. The van der Waals surface area contributed by atoms with E-state index in [9.17, 15) is 0 Å². The summed E-state index contributed by atoms with van der Waals surface area (Å²) in [6.45, 7) is 6.71. The van der Waals surface area contributed by atoms with Crippen molar-refractivity contribution in [2.24, 2.45) is 13.0 Å². The van der Waals surface area contributed by atoms with Gasteiger partial charge in [-0.15, -0.1) is 10.2 Å². The van der Waals surface area contributed by atoms with Crippen molar-refractivity contribution < 1.29 is 0 Å². The molecule has 1 saturated heterocycles. The van der Waals surface area contributed by atoms with E-state index in [1.807, 2.05) is 18.2 Å². The lowest BCUT2D eigenvalue weighted by Gasteiger charge is -2.23. The highest BCUT2D eigenvalue weighted by Gasteiger charge is 2.30. The Kier molecular flexibility index (Phi) is 4.06. The van der Waals surface area contributed by atoms with E-state index in [2.05, 4.69) is 52.7 Å². The van der Waals surface area contributed by atoms with Crippen LogP contribution >= 0.6 is 0 Å². The predicted octanol–water partition coefficient (Wildman–Crippen LogP) is 3.10. The van der Waals surface area contributed by atoms with Gasteiger partial charge in [-0.25, -0.2) is 0 Å². The van der Waals surface area contributed by atoms with Gasteiger partial charge in [-0.3, -0.25) is 4.90 Å². The van der Waals surface area contributed by atoms with Gasteiger partial charge in [0.1, 0.15) is 5.82 Å². The third kappa shape index (κ3) is 2.72. The Morgan fingerprint density at radius 3 is 2.62 bits per heavy atom. The molecule has 0 radical (unpaired) electrons. The number of nitrogens with zero attached hydrogens (tertiary/aromatic N) is 4. The first-order valence-corrected chi connectivity index (χ1v) is 7.88. The van der Waals surface area contributed by atoms with Crippen LogP contribution in [0.3, 0.4) is 0 Å². The van der Waals surface area contributed by atoms with E-state index in [1.165, 1.54) is 19.4 Å². The van der Waals surface area contributed by atoms with E-state index in [0.717, 1.165) is 29.7 Å². The lowest BCUT2D eigenvalue weighted by Crippen LogP contribution is -2.30. The normalized spacial score (nSPS) is 22.8. The lowest BCUT2D eigenvalue weighted by molar-refractivity contribution is 0.224. The predicted molar refractivity (Wildman–Crippen MR) is 84.7 cm³/mol. The molecule has 2 aromatic rings. The van der Waals surface area contributed by atoms with Gasteiger partial charge in [-0.05, 0) is 25.8 Å². The Balaban J connectivity index is 1.78. The molecule has 0 saturated carbocycles. The molecule has 0 amide bonds. The minimum atomic E-state index is 0.645. The van der Waals surface area contributed by atoms with E-state index in [-0.39, 0.29) is 0 Å². The molecule has 0 unspecified atom stereocenters. The third-order valence-corrected chi connectivity index (χ3v) is 4.91. The largest absolute Gasteiger partial charge is 0.313 e. The van der Waals surface area contributed by atoms with Crippen LogP contribution in [0, 0.1) is 5.92 Å². The van der Waals surface area contributed by atoms with Crippen molar-refractivity contribution in [3.05, 3.63) is 36.2 Å². The molecule has 0 spiro atoms. The summed E-state index contributed by atoms with van der Waals surface area (Å²) in [5.41, 5.74) is 1.12. The zero-order valence-electron chi connectivity index (χ0n) is 13.2. The van der Waals surface area contributed by atoms with Crippen molar-refractivity contribution >= 4 is 0 Å². The highest BCUT2D eigenvalue weighted by molar-refractivity contribution is 5.54. The molecular formula is C17H24N4. The highest BCUT2D eigenvalue weighted by Crippen LogP contribution is 2.28. The summed E-state index contributed by atoms with van der Waals surface area (Å²) in [5, 5.41) is 8.79. The zero-order valence-corrected chi connectivity index (χ0v) is 13.2. The number of hydrogen-bond acceptors (Lipinski definition) is 3. The minimum Gasteiger partial charge on any atom is -0.313 e. The molecule has 0 aliphatic carbocycles. The van der Waals surface area contributed by atoms with Crippen molar-refractivity contribution in [2.45, 2.75) is 39.3 Å². The second kappa shape index (κ2) is 5.98. The number of benzene rings is 1. The fourth-order valence-corrected chi connectivity index (χ4v) is 3.36. The molecule has 1 aliphatic rings. The molecule has 112 valence electrons. The maximum Gasteiger partial charge on any atom is 0.163 e. The Morgan fingerprint density at radius 1 is 1.19 bits per heavy atom. The maximum absolute atomic E-state index is 4.41. The molecule has 1 aliphatic heterocycles. The molecule has 1 aromatic carbocycles. The number of hydrogen-bond donors (Lipinski definition) is 0. The Labute approximate surface area is 126 Å². The summed E-state index contributed by atoms with van der Waals surface area (Å²) in [6, 6.07) is 10.9. The van der Waals surface area contributed by atoms with Gasteiger partial charge in [0.2, 0.25) is 0 Å². The summed E-state index contributed by atoms with van der Waals surface area (Å²) in [7, 11) is 2.07. The van der Waals surface area contributed by atoms with Crippen molar-refractivity contribution in [2.75, 3.05) is 6.54 Å². The first-order valence-electron chi connectivity index (χ1n) is 7.88. The smallest absolute Gasteiger partial charge is 0.163 e. The van der Waals surface area contributed by atoms with Crippen molar-refractivity contribution in [1.82, 2.24) is 19.7 Å². The molecule has 4 nitrogen and oxygen atoms in total. The van der Waals surface area contributed by atoms with Gasteiger partial charge in [0.15, 0.2) is 5.82 Å². The fourth-order valence-electron chi connectivity index (χ4n) is 3.36. The molecule has 21 heavy (non-hydrogen) atoms. The second-order valence-electron chi connectivity index (χ2n) is 6.03. The summed E-state index contributed by atoms with van der Waals surface area (Å²) in [5.74, 6) is 2.83. The standard InChI is InChI=1S/C17H24N4/c1-4-14-10-11-21(13(14)2)12-16-18-19-17(20(16)3)15-8-6-5-7-9-15/h5-9,13-14H,4,10-12H2,1-3H3/t13-,14-/m0/s1. The topological polar surface area (TPSA) is 34.0 Å². The van der Waals surface area contributed by atoms with Crippen LogP contribution in [0.2, 0.25) is 0 Å². The molecule has 2 atom stereocenters. The van der Waals surface area contributed by atoms with E-state index in [4.69, 9.17) is 0 Å². The average Bonchev–Trinajstić information content (AvgIpc) is 3.05. The molecule has 2 heterocycles. The Morgan fingerprint density at radius 2 is 1.95 bits per heavy atom. The Hall–Kier alpha value is -1.68. The molecular weight excluding hydrogens is 260 g/mol. The van der Waals surface area contributed by atoms with Gasteiger partial charge in [-0.2, -0.15) is 0 Å². The SMILES string of the molecule is CC[C@H]1CCN(Cc2nnc(-c3ccccc3)n2C)[C@H]1C. The summed E-state index contributed by atoms with van der Waals surface area (Å²) in [6.07, 6.45) is 2.58. The fraction of sp³-hybridized carbons (Fsp3) is 0.529. The summed E-state index contributed by atoms with van der Waals surface area (Å²) in [4.78, 5) is 2.53. The van der Waals surface area contributed by atoms with Gasteiger partial charge < -0.3 is 4.57 Å². The first-order chi connectivity index (χ1) is 10.2. The lowest BCUT2D eigenvalue weighted by atomic mass is 9.99. The van der Waals surface area contributed by atoms with Crippen molar-refractivity contribution in [3.63, 3.8) is 0 Å². The van der Waals surface area contributed by atoms with Crippen LogP contribution < -0.4 is 0 Å². The molecule has 4 heteroatoms. The van der Waals surface area contributed by atoms with Crippen molar-refractivity contribution in [3.8, 4) is 11.4 Å². The van der Waals surface area contributed by atoms with Gasteiger partial charge in [0, 0.05) is 18.7 Å². The number of rotatable bonds is 4. The van der Waals surface area contributed by atoms with E-state index in [0.29, 0.717) is 6.04 Å². The highest BCUT2D eigenvalue weighted by atomic mass is 15.3. The Bertz CT molecular complexity index is 590. The van der Waals surface area contributed by atoms with Crippen LogP contribution in [0.15, 0.2) is 30.3 Å². The van der Waals surface area contributed by atoms with Crippen LogP contribution in [0.1, 0.15) is 32.5 Å². The van der Waals surface area contributed by atoms with Crippen molar-refractivity contribution in [1.29, 1.82) is 0 Å². The molecule has 1 aromatic heterocycles. The molecule has 0 bridgehead atoms. The van der Waals surface area contributed by atoms with Gasteiger partial charge in [-0.1, -0.05) is 43.7 Å². The van der Waals surface area contributed by atoms with Crippen LogP contribution in [-0.4, -0.2) is 32.3 Å². The quantitative estimate of drug-likeness (QED) is 0.865. The molecule has 3 rings (SSSR count).